The highest BCUT2D eigenvalue weighted by molar-refractivity contribution is 7.20. The molecule has 3 aromatic rings. The Morgan fingerprint density at radius 2 is 2.04 bits per heavy atom. The number of aromatic nitrogens is 1. The number of anilines is 1. The third kappa shape index (κ3) is 3.57. The van der Waals surface area contributed by atoms with Gasteiger partial charge in [-0.1, -0.05) is 23.2 Å². The van der Waals surface area contributed by atoms with Gasteiger partial charge in [0.2, 0.25) is 0 Å². The Labute approximate surface area is 153 Å². The quantitative estimate of drug-likeness (QED) is 0.473. The summed E-state index contributed by atoms with van der Waals surface area (Å²) in [6.07, 6.45) is 0. The van der Waals surface area contributed by atoms with E-state index in [1.165, 1.54) is 34.8 Å². The third-order valence-corrected chi connectivity index (χ3v) is 5.29. The minimum Gasteiger partial charge on any atom is -0.298 e. The van der Waals surface area contributed by atoms with E-state index < -0.39 is 10.8 Å². The van der Waals surface area contributed by atoms with E-state index >= 15 is 0 Å². The summed E-state index contributed by atoms with van der Waals surface area (Å²) < 4.78 is 0.650. The van der Waals surface area contributed by atoms with Crippen molar-refractivity contribution in [2.75, 3.05) is 5.32 Å². The van der Waals surface area contributed by atoms with Gasteiger partial charge in [0.25, 0.3) is 11.6 Å². The third-order valence-electron chi connectivity index (χ3n) is 2.96. The first-order chi connectivity index (χ1) is 11.4. The number of nitro benzene ring substituents is 1. The van der Waals surface area contributed by atoms with Crippen molar-refractivity contribution < 1.29 is 9.72 Å². The Bertz CT molecular complexity index is 939. The second kappa shape index (κ2) is 6.86. The maximum Gasteiger partial charge on any atom is 0.288 e. The molecule has 0 saturated heterocycles. The largest absolute Gasteiger partial charge is 0.298 e. The van der Waals surface area contributed by atoms with Crippen molar-refractivity contribution in [3.63, 3.8) is 0 Å². The Morgan fingerprint density at radius 1 is 1.25 bits per heavy atom. The summed E-state index contributed by atoms with van der Waals surface area (Å²) >= 11 is 14.3. The van der Waals surface area contributed by atoms with E-state index in [9.17, 15) is 14.9 Å². The minimum absolute atomic E-state index is 0.0253. The molecule has 0 aliphatic carbocycles. The van der Waals surface area contributed by atoms with Gasteiger partial charge < -0.3 is 0 Å². The normalized spacial score (nSPS) is 10.6. The fourth-order valence-electron chi connectivity index (χ4n) is 1.86. The van der Waals surface area contributed by atoms with Crippen LogP contribution in [-0.2, 0) is 0 Å². The highest BCUT2D eigenvalue weighted by atomic mass is 35.5. The molecule has 1 aromatic carbocycles. The summed E-state index contributed by atoms with van der Waals surface area (Å²) in [6.45, 7) is 0. The molecule has 0 aliphatic heterocycles. The van der Waals surface area contributed by atoms with Crippen LogP contribution < -0.4 is 5.32 Å². The molecule has 122 valence electrons. The second-order valence-corrected chi connectivity index (χ2v) is 7.50. The topological polar surface area (TPSA) is 85.1 Å². The molecule has 10 heteroatoms. The lowest BCUT2D eigenvalue weighted by atomic mass is 10.2. The van der Waals surface area contributed by atoms with Crippen LogP contribution in [0.15, 0.2) is 35.7 Å². The zero-order valence-electron chi connectivity index (χ0n) is 11.7. The molecule has 0 spiro atoms. The van der Waals surface area contributed by atoms with Crippen LogP contribution in [0.25, 0.3) is 10.6 Å². The Balaban J connectivity index is 1.79. The van der Waals surface area contributed by atoms with Gasteiger partial charge in [0, 0.05) is 17.0 Å². The maximum atomic E-state index is 12.2. The molecule has 1 amide bonds. The van der Waals surface area contributed by atoms with Crippen LogP contribution in [0, 0.1) is 10.1 Å². The number of nitro groups is 1. The van der Waals surface area contributed by atoms with E-state index in [4.69, 9.17) is 23.2 Å². The number of carbonyl (C=O) groups is 1. The fraction of sp³-hybridized carbons (Fsp3) is 0. The summed E-state index contributed by atoms with van der Waals surface area (Å²) in [5.74, 6) is -0.500. The number of halogens is 2. The number of rotatable bonds is 4. The summed E-state index contributed by atoms with van der Waals surface area (Å²) in [5.41, 5.74) is 0.508. The second-order valence-electron chi connectivity index (χ2n) is 4.52. The fourth-order valence-corrected chi connectivity index (χ4v) is 3.83. The Kier molecular flexibility index (Phi) is 4.81. The van der Waals surface area contributed by atoms with Crippen molar-refractivity contribution in [3.8, 4) is 10.6 Å². The molecule has 0 fully saturated rings. The highest BCUT2D eigenvalue weighted by Gasteiger charge is 2.17. The molecule has 0 radical (unpaired) electrons. The molecule has 0 atom stereocenters. The average Bonchev–Trinajstić information content (AvgIpc) is 3.16. The van der Waals surface area contributed by atoms with Gasteiger partial charge in [-0.2, -0.15) is 0 Å². The molecule has 3 rings (SSSR count). The first-order valence-corrected chi connectivity index (χ1v) is 8.86. The predicted octanol–water partition coefficient (Wildman–Crippen LogP) is 5.34. The zero-order chi connectivity index (χ0) is 17.3. The number of amides is 1. The van der Waals surface area contributed by atoms with Gasteiger partial charge in [-0.25, -0.2) is 4.98 Å². The maximum absolute atomic E-state index is 12.2. The first kappa shape index (κ1) is 16.8. The van der Waals surface area contributed by atoms with Gasteiger partial charge >= 0.3 is 0 Å². The van der Waals surface area contributed by atoms with Crippen LogP contribution in [-0.4, -0.2) is 15.8 Å². The minimum atomic E-state index is -0.638. The molecule has 0 unspecified atom stereocenters. The van der Waals surface area contributed by atoms with Gasteiger partial charge in [-0.3, -0.25) is 20.2 Å². The molecule has 2 heterocycles. The van der Waals surface area contributed by atoms with Gasteiger partial charge in [0.05, 0.1) is 19.8 Å². The highest BCUT2D eigenvalue weighted by Crippen LogP contribution is 2.33. The van der Waals surface area contributed by atoms with Gasteiger partial charge in [-0.05, 0) is 24.3 Å². The lowest BCUT2D eigenvalue weighted by molar-refractivity contribution is -0.384. The van der Waals surface area contributed by atoms with Crippen molar-refractivity contribution in [2.24, 2.45) is 0 Å². The number of hydrogen-bond donors (Lipinski definition) is 1. The zero-order valence-corrected chi connectivity index (χ0v) is 14.8. The molecular weight excluding hydrogens is 393 g/mol. The van der Waals surface area contributed by atoms with Gasteiger partial charge in [0.15, 0.2) is 5.13 Å². The Hall–Kier alpha value is -2.00. The molecule has 1 N–H and O–H groups in total. The molecule has 2 aromatic heterocycles. The van der Waals surface area contributed by atoms with Crippen LogP contribution in [0.2, 0.25) is 9.36 Å². The van der Waals surface area contributed by atoms with Crippen LogP contribution in [0.5, 0.6) is 0 Å². The average molecular weight is 400 g/mol. The van der Waals surface area contributed by atoms with Crippen LogP contribution in [0.1, 0.15) is 10.4 Å². The predicted molar refractivity (Wildman–Crippen MR) is 96.5 cm³/mol. The van der Waals surface area contributed by atoms with Crippen LogP contribution in [0.3, 0.4) is 0 Å². The summed E-state index contributed by atoms with van der Waals surface area (Å²) in [5, 5.41) is 15.7. The summed E-state index contributed by atoms with van der Waals surface area (Å²) in [7, 11) is 0. The van der Waals surface area contributed by atoms with E-state index in [0.29, 0.717) is 15.2 Å². The number of thiazole rings is 1. The van der Waals surface area contributed by atoms with Gasteiger partial charge in [0.1, 0.15) is 5.02 Å². The van der Waals surface area contributed by atoms with Crippen molar-refractivity contribution >= 4 is 62.6 Å². The molecule has 0 bridgehead atoms. The van der Waals surface area contributed by atoms with Gasteiger partial charge in [-0.15, -0.1) is 22.7 Å². The number of nitrogens with one attached hydrogen (secondary N) is 1. The van der Waals surface area contributed by atoms with E-state index in [0.717, 1.165) is 10.9 Å². The van der Waals surface area contributed by atoms with Crippen molar-refractivity contribution in [3.05, 3.63) is 60.7 Å². The SMILES string of the molecule is O=C(Nc1nc(-c2ccc(Cl)s2)cs1)c1ccc(Cl)c([N+](=O)[O-])c1. The van der Waals surface area contributed by atoms with Crippen molar-refractivity contribution in [1.82, 2.24) is 4.98 Å². The molecular formula is C14H7Cl2N3O3S2. The van der Waals surface area contributed by atoms with E-state index in [1.807, 2.05) is 6.07 Å². The van der Waals surface area contributed by atoms with Crippen molar-refractivity contribution in [2.45, 2.75) is 0 Å². The van der Waals surface area contributed by atoms with E-state index in [-0.39, 0.29) is 16.3 Å². The monoisotopic (exact) mass is 399 g/mol. The van der Waals surface area contributed by atoms with E-state index in [1.54, 1.807) is 11.4 Å². The summed E-state index contributed by atoms with van der Waals surface area (Å²) in [6, 6.07) is 7.47. The van der Waals surface area contributed by atoms with Crippen LogP contribution in [0.4, 0.5) is 10.8 Å². The standard InChI is InChI=1S/C14H7Cl2N3O3S2/c15-8-2-1-7(5-10(8)19(21)22)13(20)18-14-17-9(6-23-14)11-3-4-12(16)24-11/h1-6H,(H,17,18,20). The summed E-state index contributed by atoms with van der Waals surface area (Å²) in [4.78, 5) is 27.7. The van der Waals surface area contributed by atoms with Crippen LogP contribution >= 0.6 is 45.9 Å². The Morgan fingerprint density at radius 3 is 2.71 bits per heavy atom. The molecule has 6 nitrogen and oxygen atoms in total. The smallest absolute Gasteiger partial charge is 0.288 e. The first-order valence-electron chi connectivity index (χ1n) is 6.40. The number of benzene rings is 1. The van der Waals surface area contributed by atoms with Crippen molar-refractivity contribution in [1.29, 1.82) is 0 Å². The number of thiophene rings is 1. The lowest BCUT2D eigenvalue weighted by Gasteiger charge is -2.02. The molecule has 0 aliphatic rings. The van der Waals surface area contributed by atoms with E-state index in [2.05, 4.69) is 10.3 Å². The number of hydrogen-bond acceptors (Lipinski definition) is 6. The number of carbonyl (C=O) groups excluding carboxylic acids is 1. The molecule has 24 heavy (non-hydrogen) atoms. The number of nitrogens with zero attached hydrogens (tertiary/aromatic N) is 2. The molecule has 0 saturated carbocycles. The lowest BCUT2D eigenvalue weighted by Crippen LogP contribution is -2.12.